The number of amides is 2. The monoisotopic (exact) mass is 474 g/mol. The van der Waals surface area contributed by atoms with Crippen LogP contribution in [-0.4, -0.2) is 84.1 Å². The number of fused-ring (bicyclic) bond motifs is 2. The molecule has 3 aromatic rings. The van der Waals surface area contributed by atoms with Crippen molar-refractivity contribution >= 4 is 22.7 Å². The second-order valence-corrected chi connectivity index (χ2v) is 9.47. The van der Waals surface area contributed by atoms with Gasteiger partial charge in [-0.1, -0.05) is 43.3 Å². The van der Waals surface area contributed by atoms with Crippen molar-refractivity contribution in [2.75, 3.05) is 53.0 Å². The highest BCUT2D eigenvalue weighted by atomic mass is 16.5. The molecule has 2 aromatic carbocycles. The Morgan fingerprint density at radius 2 is 1.71 bits per heavy atom. The molecule has 1 fully saturated rings. The highest BCUT2D eigenvalue weighted by Gasteiger charge is 2.46. The van der Waals surface area contributed by atoms with E-state index in [0.717, 1.165) is 41.7 Å². The van der Waals surface area contributed by atoms with E-state index >= 15 is 0 Å². The van der Waals surface area contributed by atoms with Gasteiger partial charge in [0, 0.05) is 75.1 Å². The number of piperazine rings is 1. The summed E-state index contributed by atoms with van der Waals surface area (Å²) in [7, 11) is 3.66. The van der Waals surface area contributed by atoms with E-state index in [4.69, 9.17) is 4.74 Å². The molecule has 2 atom stereocenters. The number of ether oxygens (including phenoxy) is 1. The number of para-hydroxylation sites is 1. The van der Waals surface area contributed by atoms with Gasteiger partial charge in [0.1, 0.15) is 0 Å². The van der Waals surface area contributed by atoms with Crippen molar-refractivity contribution in [2.24, 2.45) is 7.05 Å². The molecule has 0 aliphatic carbocycles. The summed E-state index contributed by atoms with van der Waals surface area (Å²) in [6, 6.07) is 15.4. The number of rotatable bonds is 6. The second kappa shape index (κ2) is 9.84. The molecule has 1 aromatic heterocycles. The van der Waals surface area contributed by atoms with Crippen LogP contribution in [0.25, 0.3) is 10.9 Å². The van der Waals surface area contributed by atoms with E-state index in [-0.39, 0.29) is 11.8 Å². The molecule has 5 rings (SSSR count). The Hall–Kier alpha value is -3.16. The SMILES string of the molecule is CCN1CCN(C(=O)C2c3ccccc3C(=O)N(CCOC)C2c2cn(C)c3ccccc23)CC1. The smallest absolute Gasteiger partial charge is 0.254 e. The fraction of sp³-hybridized carbons (Fsp3) is 0.429. The van der Waals surface area contributed by atoms with Crippen molar-refractivity contribution in [3.05, 3.63) is 71.4 Å². The molecular weight excluding hydrogens is 440 g/mol. The predicted octanol–water partition coefficient (Wildman–Crippen LogP) is 3.27. The van der Waals surface area contributed by atoms with E-state index in [2.05, 4.69) is 34.7 Å². The number of hydrogen-bond donors (Lipinski definition) is 0. The van der Waals surface area contributed by atoms with Gasteiger partial charge in [-0.2, -0.15) is 0 Å². The standard InChI is InChI=1S/C28H34N4O3/c1-4-30-13-15-31(16-14-30)28(34)25-21-10-5-6-11-22(21)27(33)32(17-18-35-3)26(25)23-19-29(2)24-12-8-7-9-20(23)24/h5-12,19,25-26H,4,13-18H2,1-3H3. The molecule has 0 radical (unpaired) electrons. The molecule has 0 N–H and O–H groups in total. The van der Waals surface area contributed by atoms with Gasteiger partial charge in [-0.05, 0) is 24.2 Å². The van der Waals surface area contributed by atoms with Gasteiger partial charge < -0.3 is 24.0 Å². The van der Waals surface area contributed by atoms with Gasteiger partial charge in [0.15, 0.2) is 0 Å². The number of methoxy groups -OCH3 is 1. The molecule has 0 bridgehead atoms. The molecule has 2 aliphatic heterocycles. The van der Waals surface area contributed by atoms with Crippen LogP contribution >= 0.6 is 0 Å². The molecule has 2 aliphatic rings. The topological polar surface area (TPSA) is 58.0 Å². The summed E-state index contributed by atoms with van der Waals surface area (Å²) in [5, 5.41) is 1.07. The summed E-state index contributed by atoms with van der Waals surface area (Å²) in [5.41, 5.74) is 3.54. The fourth-order valence-corrected chi connectivity index (χ4v) is 5.73. The van der Waals surface area contributed by atoms with Crippen LogP contribution in [0.1, 0.15) is 40.4 Å². The highest BCUT2D eigenvalue weighted by Crippen LogP contribution is 2.46. The molecular formula is C28H34N4O3. The number of likely N-dealkylation sites (N-methyl/N-ethyl adjacent to an activating group) is 1. The number of aromatic nitrogens is 1. The Balaban J connectivity index is 1.66. The van der Waals surface area contributed by atoms with Gasteiger partial charge in [0.05, 0.1) is 18.6 Å². The van der Waals surface area contributed by atoms with Crippen molar-refractivity contribution < 1.29 is 14.3 Å². The van der Waals surface area contributed by atoms with Gasteiger partial charge in [-0.25, -0.2) is 0 Å². The zero-order valence-corrected chi connectivity index (χ0v) is 20.8. The third kappa shape index (κ3) is 4.13. The molecule has 0 saturated carbocycles. The van der Waals surface area contributed by atoms with Crippen LogP contribution in [-0.2, 0) is 16.6 Å². The van der Waals surface area contributed by atoms with E-state index in [1.165, 1.54) is 0 Å². The fourth-order valence-electron chi connectivity index (χ4n) is 5.73. The van der Waals surface area contributed by atoms with Crippen LogP contribution in [0.3, 0.4) is 0 Å². The average molecular weight is 475 g/mol. The minimum Gasteiger partial charge on any atom is -0.383 e. The van der Waals surface area contributed by atoms with E-state index in [1.54, 1.807) is 7.11 Å². The van der Waals surface area contributed by atoms with E-state index in [1.807, 2.05) is 53.2 Å². The summed E-state index contributed by atoms with van der Waals surface area (Å²) < 4.78 is 7.48. The quantitative estimate of drug-likeness (QED) is 0.550. The van der Waals surface area contributed by atoms with E-state index < -0.39 is 12.0 Å². The molecule has 3 heterocycles. The molecule has 2 amide bonds. The number of carbonyl (C=O) groups excluding carboxylic acids is 2. The lowest BCUT2D eigenvalue weighted by Crippen LogP contribution is -2.53. The molecule has 35 heavy (non-hydrogen) atoms. The predicted molar refractivity (Wildman–Crippen MR) is 136 cm³/mol. The van der Waals surface area contributed by atoms with Crippen LogP contribution in [0.2, 0.25) is 0 Å². The lowest BCUT2D eigenvalue weighted by molar-refractivity contribution is -0.136. The normalized spacial score (nSPS) is 20.9. The molecule has 7 heteroatoms. The first-order valence-electron chi connectivity index (χ1n) is 12.5. The Morgan fingerprint density at radius 3 is 2.46 bits per heavy atom. The Bertz CT molecular complexity index is 1230. The number of nitrogens with zero attached hydrogens (tertiary/aromatic N) is 4. The van der Waals surface area contributed by atoms with Gasteiger partial charge in [0.25, 0.3) is 5.91 Å². The molecule has 2 unspecified atom stereocenters. The van der Waals surface area contributed by atoms with Crippen LogP contribution in [0, 0.1) is 0 Å². The summed E-state index contributed by atoms with van der Waals surface area (Å²) >= 11 is 0. The highest BCUT2D eigenvalue weighted by molar-refractivity contribution is 6.02. The third-order valence-corrected chi connectivity index (χ3v) is 7.62. The van der Waals surface area contributed by atoms with Crippen LogP contribution in [0.4, 0.5) is 0 Å². The van der Waals surface area contributed by atoms with Crippen LogP contribution in [0.15, 0.2) is 54.7 Å². The number of aryl methyl sites for hydroxylation is 1. The second-order valence-electron chi connectivity index (χ2n) is 9.47. The Kier molecular flexibility index (Phi) is 6.62. The zero-order chi connectivity index (χ0) is 24.5. The molecule has 1 saturated heterocycles. The maximum absolute atomic E-state index is 14.3. The molecule has 184 valence electrons. The minimum absolute atomic E-state index is 0.0459. The largest absolute Gasteiger partial charge is 0.383 e. The van der Waals surface area contributed by atoms with Crippen molar-refractivity contribution in [1.82, 2.24) is 19.3 Å². The first-order valence-corrected chi connectivity index (χ1v) is 12.5. The van der Waals surface area contributed by atoms with Gasteiger partial charge in [0.2, 0.25) is 5.91 Å². The van der Waals surface area contributed by atoms with E-state index in [0.29, 0.717) is 31.8 Å². The zero-order valence-electron chi connectivity index (χ0n) is 20.8. The Labute approximate surface area is 206 Å². The maximum atomic E-state index is 14.3. The summed E-state index contributed by atoms with van der Waals surface area (Å²) in [6.45, 7) is 7.15. The lowest BCUT2D eigenvalue weighted by Gasteiger charge is -2.44. The first kappa shape index (κ1) is 23.6. The summed E-state index contributed by atoms with van der Waals surface area (Å²) in [6.07, 6.45) is 2.09. The maximum Gasteiger partial charge on any atom is 0.254 e. The first-order chi connectivity index (χ1) is 17.0. The summed E-state index contributed by atoms with van der Waals surface area (Å²) in [5.74, 6) is -0.420. The van der Waals surface area contributed by atoms with Crippen molar-refractivity contribution in [1.29, 1.82) is 0 Å². The van der Waals surface area contributed by atoms with Crippen LogP contribution < -0.4 is 0 Å². The Morgan fingerprint density at radius 1 is 1.00 bits per heavy atom. The molecule has 0 spiro atoms. The van der Waals surface area contributed by atoms with E-state index in [9.17, 15) is 9.59 Å². The number of benzene rings is 2. The van der Waals surface area contributed by atoms with Gasteiger partial charge >= 0.3 is 0 Å². The van der Waals surface area contributed by atoms with Gasteiger partial charge in [-0.3, -0.25) is 9.59 Å². The van der Waals surface area contributed by atoms with Crippen molar-refractivity contribution in [2.45, 2.75) is 18.9 Å². The third-order valence-electron chi connectivity index (χ3n) is 7.62. The number of hydrogen-bond acceptors (Lipinski definition) is 4. The minimum atomic E-state index is -0.472. The summed E-state index contributed by atoms with van der Waals surface area (Å²) in [4.78, 5) is 34.3. The average Bonchev–Trinajstić information content (AvgIpc) is 3.24. The van der Waals surface area contributed by atoms with Crippen molar-refractivity contribution in [3.63, 3.8) is 0 Å². The van der Waals surface area contributed by atoms with Crippen molar-refractivity contribution in [3.8, 4) is 0 Å². The lowest BCUT2D eigenvalue weighted by atomic mass is 9.78. The molecule has 7 nitrogen and oxygen atoms in total. The van der Waals surface area contributed by atoms with Crippen LogP contribution in [0.5, 0.6) is 0 Å². The number of carbonyl (C=O) groups is 2. The van der Waals surface area contributed by atoms with Gasteiger partial charge in [-0.15, -0.1) is 0 Å².